The van der Waals surface area contributed by atoms with Gasteiger partial charge in [0.1, 0.15) is 13.1 Å². The predicted octanol–water partition coefficient (Wildman–Crippen LogP) is 10.5. The number of nitrogens with zero attached hydrogens (tertiary/aromatic N) is 4. The van der Waals surface area contributed by atoms with Crippen LogP contribution in [-0.4, -0.2) is 34.7 Å². The van der Waals surface area contributed by atoms with Crippen molar-refractivity contribution in [3.8, 4) is 0 Å². The molecule has 290 valence electrons. The SMILES string of the molecule is CCCCCCCC[n+]1ccc(C(=O)N(CCCCCCN(Cc2ccccc2)C(=O)c2cc[n+](CCCCCCCC)cc2)Cc2ccccc2)cc1. The lowest BCUT2D eigenvalue weighted by molar-refractivity contribution is -0.697. The van der Waals surface area contributed by atoms with Crippen LogP contribution in [0, 0.1) is 0 Å². The number of amides is 2. The van der Waals surface area contributed by atoms with Gasteiger partial charge in [-0.1, -0.05) is 139 Å². The lowest BCUT2D eigenvalue weighted by Gasteiger charge is -2.24. The molecule has 0 fully saturated rings. The van der Waals surface area contributed by atoms with Crippen LogP contribution in [0.2, 0.25) is 0 Å². The van der Waals surface area contributed by atoms with E-state index in [9.17, 15) is 9.59 Å². The fraction of sp³-hybridized carbons (Fsp3) is 0.500. The molecule has 6 heteroatoms. The van der Waals surface area contributed by atoms with E-state index >= 15 is 0 Å². The van der Waals surface area contributed by atoms with Gasteiger partial charge in [0.05, 0.1) is 11.1 Å². The molecule has 0 atom stereocenters. The highest BCUT2D eigenvalue weighted by molar-refractivity contribution is 5.94. The summed E-state index contributed by atoms with van der Waals surface area (Å²) in [7, 11) is 0. The number of hydrogen-bond acceptors (Lipinski definition) is 2. The molecule has 54 heavy (non-hydrogen) atoms. The Hall–Kier alpha value is -4.32. The van der Waals surface area contributed by atoms with E-state index in [0.29, 0.717) is 26.2 Å². The smallest absolute Gasteiger partial charge is 0.254 e. The van der Waals surface area contributed by atoms with E-state index in [4.69, 9.17) is 0 Å². The molecule has 0 aliphatic rings. The molecule has 0 saturated carbocycles. The fourth-order valence-corrected chi connectivity index (χ4v) is 7.08. The average molecular weight is 733 g/mol. The Kier molecular flexibility index (Phi) is 20.2. The normalized spacial score (nSPS) is 11.1. The standard InChI is InChI=1S/C48H68N4O2/c1-3-5-7-9-11-21-33-49-37-29-45(30-38-49)47(53)51(41-43-25-17-15-18-26-43)35-23-13-14-24-36-52(42-44-27-19-16-20-28-44)48(54)46-31-39-50(40-32-46)34-22-12-10-8-6-4-2/h15-20,25-32,37-40H,3-14,21-24,33-36,41-42H2,1-2H3/q+2. The first-order valence-corrected chi connectivity index (χ1v) is 21.2. The summed E-state index contributed by atoms with van der Waals surface area (Å²) < 4.78 is 4.41. The van der Waals surface area contributed by atoms with Gasteiger partial charge in [-0.15, -0.1) is 0 Å². The highest BCUT2D eigenvalue weighted by Crippen LogP contribution is 2.15. The number of hydrogen-bond donors (Lipinski definition) is 0. The quantitative estimate of drug-likeness (QED) is 0.0453. The summed E-state index contributed by atoms with van der Waals surface area (Å²) in [6.45, 7) is 9.10. The van der Waals surface area contributed by atoms with Crippen LogP contribution in [0.15, 0.2) is 110 Å². The van der Waals surface area contributed by atoms with Crippen LogP contribution in [0.25, 0.3) is 0 Å². The van der Waals surface area contributed by atoms with Crippen LogP contribution in [-0.2, 0) is 26.2 Å². The topological polar surface area (TPSA) is 48.4 Å². The van der Waals surface area contributed by atoms with E-state index in [0.717, 1.165) is 61.0 Å². The van der Waals surface area contributed by atoms with Gasteiger partial charge in [-0.05, 0) is 36.8 Å². The summed E-state index contributed by atoms with van der Waals surface area (Å²) in [4.78, 5) is 31.6. The molecule has 0 aliphatic carbocycles. The lowest BCUT2D eigenvalue weighted by Crippen LogP contribution is -2.35. The number of carbonyl (C=O) groups is 2. The molecule has 4 rings (SSSR count). The van der Waals surface area contributed by atoms with E-state index in [1.165, 1.54) is 77.0 Å². The van der Waals surface area contributed by atoms with Crippen LogP contribution >= 0.6 is 0 Å². The molecular weight excluding hydrogens is 665 g/mol. The molecule has 4 aromatic rings. The highest BCUT2D eigenvalue weighted by Gasteiger charge is 2.19. The molecular formula is C48H68N4O2+2. The first-order chi connectivity index (χ1) is 26.6. The minimum atomic E-state index is 0.0846. The second-order valence-electron chi connectivity index (χ2n) is 15.0. The van der Waals surface area contributed by atoms with Crippen molar-refractivity contribution in [1.29, 1.82) is 0 Å². The lowest BCUT2D eigenvalue weighted by atomic mass is 10.1. The van der Waals surface area contributed by atoms with Crippen LogP contribution in [0.1, 0.15) is 148 Å². The number of aryl methyl sites for hydroxylation is 2. The van der Waals surface area contributed by atoms with Gasteiger partial charge in [-0.2, -0.15) is 0 Å². The zero-order valence-electron chi connectivity index (χ0n) is 33.6. The largest absolute Gasteiger partial charge is 0.334 e. The molecule has 2 aromatic carbocycles. The van der Waals surface area contributed by atoms with Gasteiger partial charge in [0.2, 0.25) is 0 Å². The Morgan fingerprint density at radius 2 is 0.759 bits per heavy atom. The number of pyridine rings is 2. The third kappa shape index (κ3) is 16.0. The Balaban J connectivity index is 1.28. The molecule has 0 saturated heterocycles. The summed E-state index contributed by atoms with van der Waals surface area (Å²) in [6, 6.07) is 28.5. The van der Waals surface area contributed by atoms with Gasteiger partial charge in [0, 0.05) is 63.3 Å². The summed E-state index contributed by atoms with van der Waals surface area (Å²) in [5.74, 6) is 0.169. The molecule has 0 aliphatic heterocycles. The maximum Gasteiger partial charge on any atom is 0.254 e. The number of unbranched alkanes of at least 4 members (excludes halogenated alkanes) is 13. The van der Waals surface area contributed by atoms with Gasteiger partial charge in [0.25, 0.3) is 11.8 Å². The third-order valence-electron chi connectivity index (χ3n) is 10.4. The van der Waals surface area contributed by atoms with E-state index in [1.54, 1.807) is 0 Å². The molecule has 2 heterocycles. The van der Waals surface area contributed by atoms with Crippen molar-refractivity contribution < 1.29 is 18.7 Å². The minimum absolute atomic E-state index is 0.0846. The summed E-state index contributed by atoms with van der Waals surface area (Å²) in [5, 5.41) is 0. The van der Waals surface area contributed by atoms with E-state index in [1.807, 2.05) is 70.5 Å². The van der Waals surface area contributed by atoms with Crippen molar-refractivity contribution in [1.82, 2.24) is 9.80 Å². The molecule has 0 radical (unpaired) electrons. The molecule has 0 spiro atoms. The summed E-state index contributed by atoms with van der Waals surface area (Å²) in [6.07, 6.45) is 27.4. The maximum absolute atomic E-state index is 13.8. The predicted molar refractivity (Wildman–Crippen MR) is 221 cm³/mol. The van der Waals surface area contributed by atoms with E-state index < -0.39 is 0 Å². The number of aromatic nitrogens is 2. The number of benzene rings is 2. The summed E-state index contributed by atoms with van der Waals surface area (Å²) >= 11 is 0. The van der Waals surface area contributed by atoms with Crippen LogP contribution in [0.3, 0.4) is 0 Å². The Morgan fingerprint density at radius 1 is 0.426 bits per heavy atom. The first kappa shape index (κ1) is 42.4. The third-order valence-corrected chi connectivity index (χ3v) is 10.4. The number of carbonyl (C=O) groups excluding carboxylic acids is 2. The van der Waals surface area contributed by atoms with Gasteiger partial charge < -0.3 is 9.80 Å². The Labute approximate surface area is 327 Å². The molecule has 0 bridgehead atoms. The van der Waals surface area contributed by atoms with Gasteiger partial charge >= 0.3 is 0 Å². The van der Waals surface area contributed by atoms with Crippen molar-refractivity contribution >= 4 is 11.8 Å². The monoisotopic (exact) mass is 733 g/mol. The van der Waals surface area contributed by atoms with Crippen molar-refractivity contribution in [2.45, 2.75) is 143 Å². The fourth-order valence-electron chi connectivity index (χ4n) is 7.08. The summed E-state index contributed by atoms with van der Waals surface area (Å²) in [5.41, 5.74) is 3.77. The van der Waals surface area contributed by atoms with Crippen LogP contribution < -0.4 is 9.13 Å². The van der Waals surface area contributed by atoms with E-state index in [2.05, 4.69) is 72.0 Å². The van der Waals surface area contributed by atoms with Crippen molar-refractivity contribution in [3.63, 3.8) is 0 Å². The van der Waals surface area contributed by atoms with Gasteiger partial charge in [0.15, 0.2) is 24.8 Å². The zero-order valence-corrected chi connectivity index (χ0v) is 33.6. The Bertz CT molecular complexity index is 1450. The Morgan fingerprint density at radius 3 is 1.13 bits per heavy atom. The molecule has 6 nitrogen and oxygen atoms in total. The average Bonchev–Trinajstić information content (AvgIpc) is 3.21. The van der Waals surface area contributed by atoms with Crippen LogP contribution in [0.5, 0.6) is 0 Å². The highest BCUT2D eigenvalue weighted by atomic mass is 16.2. The number of rotatable bonds is 27. The zero-order chi connectivity index (χ0) is 38.1. The first-order valence-electron chi connectivity index (χ1n) is 21.2. The molecule has 0 unspecified atom stereocenters. The minimum Gasteiger partial charge on any atom is -0.334 e. The van der Waals surface area contributed by atoms with Crippen LogP contribution in [0.4, 0.5) is 0 Å². The molecule has 2 aromatic heterocycles. The molecule has 0 N–H and O–H groups in total. The molecule has 2 amide bonds. The van der Waals surface area contributed by atoms with Gasteiger partial charge in [-0.3, -0.25) is 9.59 Å². The second kappa shape index (κ2) is 25.7. The van der Waals surface area contributed by atoms with E-state index in [-0.39, 0.29) is 11.8 Å². The second-order valence-corrected chi connectivity index (χ2v) is 15.0. The van der Waals surface area contributed by atoms with Crippen molar-refractivity contribution in [2.75, 3.05) is 13.1 Å². The van der Waals surface area contributed by atoms with Crippen molar-refractivity contribution in [2.24, 2.45) is 0 Å². The van der Waals surface area contributed by atoms with Gasteiger partial charge in [-0.25, -0.2) is 9.13 Å². The maximum atomic E-state index is 13.8. The van der Waals surface area contributed by atoms with Crippen molar-refractivity contribution in [3.05, 3.63) is 132 Å².